The molecule has 4 rings (SSSR count). The highest BCUT2D eigenvalue weighted by atomic mass is 32.2. The first-order valence-electron chi connectivity index (χ1n) is 10.4. The first-order chi connectivity index (χ1) is 15.0. The average molecular weight is 448 g/mol. The van der Waals surface area contributed by atoms with E-state index in [2.05, 4.69) is 21.6 Å². The lowest BCUT2D eigenvalue weighted by molar-refractivity contribution is 0.113. The van der Waals surface area contributed by atoms with Crippen LogP contribution in [0.2, 0.25) is 0 Å². The van der Waals surface area contributed by atoms with Crippen molar-refractivity contribution >= 4 is 10.0 Å². The van der Waals surface area contributed by atoms with E-state index < -0.39 is 10.0 Å². The van der Waals surface area contributed by atoms with Gasteiger partial charge in [0.25, 0.3) is 0 Å². The number of hydrogen-bond donors (Lipinski definition) is 1. The molecule has 31 heavy (non-hydrogen) atoms. The quantitative estimate of drug-likeness (QED) is 0.692. The summed E-state index contributed by atoms with van der Waals surface area (Å²) in [6.45, 7) is 4.78. The van der Waals surface area contributed by atoms with Crippen molar-refractivity contribution in [2.45, 2.75) is 10.9 Å². The molecule has 2 aromatic carbocycles. The Morgan fingerprint density at radius 2 is 1.68 bits per heavy atom. The number of likely N-dealkylation sites (N-methyl/N-ethyl adjacent to an activating group) is 1. The summed E-state index contributed by atoms with van der Waals surface area (Å²) >= 11 is 0. The number of piperazine rings is 1. The molecular weight excluding hydrogens is 418 g/mol. The summed E-state index contributed by atoms with van der Waals surface area (Å²) in [7, 11) is 0.0284. The van der Waals surface area contributed by atoms with Crippen molar-refractivity contribution in [1.82, 2.24) is 14.5 Å². The number of sulfonamides is 1. The highest BCUT2D eigenvalue weighted by Gasteiger charge is 2.27. The predicted octanol–water partition coefficient (Wildman–Crippen LogP) is 1.73. The molecule has 8 nitrogen and oxygen atoms in total. The van der Waals surface area contributed by atoms with Crippen molar-refractivity contribution in [2.75, 3.05) is 60.1 Å². The van der Waals surface area contributed by atoms with Gasteiger partial charge in [0.1, 0.15) is 19.0 Å². The summed E-state index contributed by atoms with van der Waals surface area (Å²) in [6, 6.07) is 12.5. The van der Waals surface area contributed by atoms with E-state index in [0.717, 1.165) is 37.5 Å². The third-order valence-corrected chi connectivity index (χ3v) is 7.19. The standard InChI is InChI=1S/C22H29N3O5S/c1-24-9-11-25(12-10-24)20(17-3-5-18(28-2)6-4-17)16-23-31(26,27)19-7-8-21-22(15-19)30-14-13-29-21/h3-8,15,20,23H,9-14,16H2,1-2H3/t20-/m0/s1. The first-order valence-corrected chi connectivity index (χ1v) is 11.9. The predicted molar refractivity (Wildman–Crippen MR) is 117 cm³/mol. The van der Waals surface area contributed by atoms with Crippen LogP contribution < -0.4 is 18.9 Å². The Balaban J connectivity index is 1.53. The van der Waals surface area contributed by atoms with Gasteiger partial charge < -0.3 is 19.1 Å². The van der Waals surface area contributed by atoms with E-state index in [0.29, 0.717) is 24.7 Å². The number of ether oxygens (including phenoxy) is 3. The van der Waals surface area contributed by atoms with Gasteiger partial charge in [0.2, 0.25) is 10.0 Å². The molecule has 2 aliphatic heterocycles. The van der Waals surface area contributed by atoms with Crippen LogP contribution in [0.1, 0.15) is 11.6 Å². The number of rotatable bonds is 7. The number of nitrogens with one attached hydrogen (secondary N) is 1. The second-order valence-corrected chi connectivity index (χ2v) is 9.55. The van der Waals surface area contributed by atoms with Gasteiger partial charge in [-0.2, -0.15) is 0 Å². The lowest BCUT2D eigenvalue weighted by Gasteiger charge is -2.38. The Labute approximate surface area is 183 Å². The van der Waals surface area contributed by atoms with Crippen LogP contribution in [0, 0.1) is 0 Å². The van der Waals surface area contributed by atoms with Gasteiger partial charge in [-0.05, 0) is 36.9 Å². The maximum absolute atomic E-state index is 13.0. The van der Waals surface area contributed by atoms with Crippen molar-refractivity contribution in [3.8, 4) is 17.2 Å². The van der Waals surface area contributed by atoms with E-state index in [9.17, 15) is 8.42 Å². The maximum Gasteiger partial charge on any atom is 0.240 e. The summed E-state index contributed by atoms with van der Waals surface area (Å²) < 4.78 is 45.2. The summed E-state index contributed by atoms with van der Waals surface area (Å²) in [5.74, 6) is 1.80. The fourth-order valence-electron chi connectivity index (χ4n) is 3.88. The molecule has 2 heterocycles. The number of hydrogen-bond acceptors (Lipinski definition) is 7. The van der Waals surface area contributed by atoms with E-state index in [4.69, 9.17) is 14.2 Å². The highest BCUT2D eigenvalue weighted by Crippen LogP contribution is 2.32. The van der Waals surface area contributed by atoms with Gasteiger partial charge >= 0.3 is 0 Å². The van der Waals surface area contributed by atoms with Crippen molar-refractivity contribution in [3.63, 3.8) is 0 Å². The van der Waals surface area contributed by atoms with E-state index in [-0.39, 0.29) is 17.5 Å². The van der Waals surface area contributed by atoms with Crippen LogP contribution in [-0.2, 0) is 10.0 Å². The molecule has 0 spiro atoms. The van der Waals surface area contributed by atoms with Crippen LogP contribution in [0.4, 0.5) is 0 Å². The zero-order valence-corrected chi connectivity index (χ0v) is 18.7. The van der Waals surface area contributed by atoms with E-state index >= 15 is 0 Å². The lowest BCUT2D eigenvalue weighted by Crippen LogP contribution is -2.48. The molecule has 0 saturated carbocycles. The minimum Gasteiger partial charge on any atom is -0.497 e. The van der Waals surface area contributed by atoms with Crippen LogP contribution in [0.5, 0.6) is 17.2 Å². The Bertz CT molecular complexity index is 989. The molecule has 0 unspecified atom stereocenters. The average Bonchev–Trinajstić information content (AvgIpc) is 2.80. The third-order valence-electron chi connectivity index (χ3n) is 5.77. The van der Waals surface area contributed by atoms with E-state index in [1.807, 2.05) is 24.3 Å². The second kappa shape index (κ2) is 9.44. The number of nitrogens with zero attached hydrogens (tertiary/aromatic N) is 2. The lowest BCUT2D eigenvalue weighted by atomic mass is 10.0. The fourth-order valence-corrected chi connectivity index (χ4v) is 4.93. The minimum atomic E-state index is -3.71. The normalized spacial score (nSPS) is 18.5. The Hall–Kier alpha value is -2.33. The summed E-state index contributed by atoms with van der Waals surface area (Å²) in [5, 5.41) is 0. The van der Waals surface area contributed by atoms with E-state index in [1.54, 1.807) is 19.2 Å². The minimum absolute atomic E-state index is 0.0772. The molecule has 1 atom stereocenters. The first kappa shape index (κ1) is 21.9. The summed E-state index contributed by atoms with van der Waals surface area (Å²) in [6.07, 6.45) is 0. The molecule has 1 N–H and O–H groups in total. The van der Waals surface area contributed by atoms with Crippen LogP contribution in [-0.4, -0.2) is 78.3 Å². The van der Waals surface area contributed by atoms with Crippen molar-refractivity contribution in [2.24, 2.45) is 0 Å². The monoisotopic (exact) mass is 447 g/mol. The molecular formula is C22H29N3O5S. The molecule has 0 radical (unpaired) electrons. The molecule has 0 aromatic heterocycles. The fraction of sp³-hybridized carbons (Fsp3) is 0.455. The highest BCUT2D eigenvalue weighted by molar-refractivity contribution is 7.89. The molecule has 9 heteroatoms. The molecule has 0 amide bonds. The van der Waals surface area contributed by atoms with Crippen molar-refractivity contribution in [3.05, 3.63) is 48.0 Å². The van der Waals surface area contributed by atoms with Crippen LogP contribution >= 0.6 is 0 Å². The van der Waals surface area contributed by atoms with Gasteiger partial charge in [-0.1, -0.05) is 12.1 Å². The smallest absolute Gasteiger partial charge is 0.240 e. The van der Waals surface area contributed by atoms with Gasteiger partial charge in [-0.3, -0.25) is 4.90 Å². The van der Waals surface area contributed by atoms with Gasteiger partial charge in [0.05, 0.1) is 12.0 Å². The molecule has 0 aliphatic carbocycles. The second-order valence-electron chi connectivity index (χ2n) is 7.79. The number of benzene rings is 2. The Morgan fingerprint density at radius 1 is 1.00 bits per heavy atom. The molecule has 1 fully saturated rings. The van der Waals surface area contributed by atoms with Gasteiger partial charge in [0, 0.05) is 44.8 Å². The van der Waals surface area contributed by atoms with E-state index in [1.165, 1.54) is 6.07 Å². The third kappa shape index (κ3) is 5.12. The number of fused-ring (bicyclic) bond motifs is 1. The zero-order valence-electron chi connectivity index (χ0n) is 17.9. The summed E-state index contributed by atoms with van der Waals surface area (Å²) in [4.78, 5) is 4.78. The van der Waals surface area contributed by atoms with Gasteiger partial charge in [0.15, 0.2) is 11.5 Å². The van der Waals surface area contributed by atoms with Crippen molar-refractivity contribution < 1.29 is 22.6 Å². The Kier molecular flexibility index (Phi) is 6.66. The Morgan fingerprint density at radius 3 is 2.35 bits per heavy atom. The van der Waals surface area contributed by atoms with Crippen LogP contribution in [0.25, 0.3) is 0 Å². The molecule has 1 saturated heterocycles. The van der Waals surface area contributed by atoms with Gasteiger partial charge in [-0.15, -0.1) is 0 Å². The topological polar surface area (TPSA) is 80.3 Å². The number of methoxy groups -OCH3 is 1. The molecule has 0 bridgehead atoms. The SMILES string of the molecule is COc1ccc([C@H](CNS(=O)(=O)c2ccc3c(c2)OCCO3)N2CCN(C)CC2)cc1. The summed E-state index contributed by atoms with van der Waals surface area (Å²) in [5.41, 5.74) is 1.05. The van der Waals surface area contributed by atoms with Crippen molar-refractivity contribution in [1.29, 1.82) is 0 Å². The zero-order chi connectivity index (χ0) is 21.8. The van der Waals surface area contributed by atoms with Crippen LogP contribution in [0.15, 0.2) is 47.4 Å². The molecule has 2 aromatic rings. The molecule has 2 aliphatic rings. The van der Waals surface area contributed by atoms with Gasteiger partial charge in [-0.25, -0.2) is 13.1 Å². The maximum atomic E-state index is 13.0. The largest absolute Gasteiger partial charge is 0.497 e. The molecule has 168 valence electrons. The van der Waals surface area contributed by atoms with Crippen LogP contribution in [0.3, 0.4) is 0 Å².